The molecule has 0 spiro atoms. The van der Waals surface area contributed by atoms with E-state index in [-0.39, 0.29) is 12.5 Å². The third-order valence-corrected chi connectivity index (χ3v) is 5.21. The molecule has 3 rings (SSSR count). The van der Waals surface area contributed by atoms with Gasteiger partial charge >= 0.3 is 12.0 Å². The number of urea groups is 1. The minimum atomic E-state index is -0.793. The molecule has 0 radical (unpaired) electrons. The van der Waals surface area contributed by atoms with Gasteiger partial charge in [0.25, 0.3) is 0 Å². The summed E-state index contributed by atoms with van der Waals surface area (Å²) >= 11 is 0. The highest BCUT2D eigenvalue weighted by atomic mass is 16.4. The van der Waals surface area contributed by atoms with Gasteiger partial charge in [0.1, 0.15) is 0 Å². The lowest BCUT2D eigenvalue weighted by molar-refractivity contribution is -0.136. The predicted molar refractivity (Wildman–Crippen MR) is 124 cm³/mol. The first kappa shape index (κ1) is 22.1. The van der Waals surface area contributed by atoms with Gasteiger partial charge in [0.15, 0.2) is 0 Å². The maximum atomic E-state index is 12.5. The van der Waals surface area contributed by atoms with E-state index >= 15 is 0 Å². The van der Waals surface area contributed by atoms with Crippen molar-refractivity contribution in [1.29, 1.82) is 0 Å². The number of hydrogen-bond donors (Lipinski definition) is 2. The molecular formula is C26H28N2O3. The maximum absolute atomic E-state index is 12.5. The van der Waals surface area contributed by atoms with Crippen LogP contribution in [0.2, 0.25) is 0 Å². The number of carbonyl (C=O) groups is 2. The van der Waals surface area contributed by atoms with Crippen molar-refractivity contribution in [3.63, 3.8) is 0 Å². The molecule has 31 heavy (non-hydrogen) atoms. The highest BCUT2D eigenvalue weighted by Crippen LogP contribution is 2.25. The largest absolute Gasteiger partial charge is 0.481 e. The molecule has 0 aliphatic carbocycles. The Morgan fingerprint density at radius 3 is 2.26 bits per heavy atom. The van der Waals surface area contributed by atoms with E-state index in [0.29, 0.717) is 13.0 Å². The molecule has 3 aromatic rings. The summed E-state index contributed by atoms with van der Waals surface area (Å²) < 4.78 is 0. The van der Waals surface area contributed by atoms with Crippen LogP contribution >= 0.6 is 0 Å². The van der Waals surface area contributed by atoms with Crippen LogP contribution in [-0.4, -0.2) is 30.7 Å². The van der Waals surface area contributed by atoms with Crippen molar-refractivity contribution in [2.24, 2.45) is 0 Å². The summed E-state index contributed by atoms with van der Waals surface area (Å²) in [7, 11) is 1.76. The number of hydrogen-bond acceptors (Lipinski definition) is 2. The Morgan fingerprint density at radius 2 is 1.55 bits per heavy atom. The van der Waals surface area contributed by atoms with Gasteiger partial charge in [-0.1, -0.05) is 66.7 Å². The van der Waals surface area contributed by atoms with Crippen molar-refractivity contribution in [2.45, 2.75) is 25.7 Å². The Balaban J connectivity index is 1.55. The monoisotopic (exact) mass is 416 g/mol. The molecule has 5 nitrogen and oxygen atoms in total. The fourth-order valence-electron chi connectivity index (χ4n) is 3.38. The Hall–Kier alpha value is -3.60. The Bertz CT molecular complexity index is 1000. The van der Waals surface area contributed by atoms with Crippen LogP contribution in [0.4, 0.5) is 10.5 Å². The number of carbonyl (C=O) groups excluding carboxylic acids is 1. The van der Waals surface area contributed by atoms with Crippen LogP contribution in [0.3, 0.4) is 0 Å². The number of aliphatic carboxylic acids is 1. The van der Waals surface area contributed by atoms with Crippen LogP contribution in [0.1, 0.15) is 24.0 Å². The summed E-state index contributed by atoms with van der Waals surface area (Å²) in [6.07, 6.45) is 2.46. The fraction of sp³-hybridized carbons (Fsp3) is 0.231. The highest BCUT2D eigenvalue weighted by Gasteiger charge is 2.11. The van der Waals surface area contributed by atoms with E-state index in [1.54, 1.807) is 11.9 Å². The van der Waals surface area contributed by atoms with Gasteiger partial charge in [0.2, 0.25) is 0 Å². The highest BCUT2D eigenvalue weighted by molar-refractivity contribution is 5.92. The first-order valence-electron chi connectivity index (χ1n) is 10.5. The summed E-state index contributed by atoms with van der Waals surface area (Å²) in [5, 5.41) is 11.8. The molecule has 0 fully saturated rings. The van der Waals surface area contributed by atoms with Crippen molar-refractivity contribution in [1.82, 2.24) is 5.32 Å². The third kappa shape index (κ3) is 6.71. The summed E-state index contributed by atoms with van der Waals surface area (Å²) in [5.74, 6) is -0.793. The van der Waals surface area contributed by atoms with Crippen LogP contribution in [0.15, 0.2) is 78.9 Å². The van der Waals surface area contributed by atoms with Crippen LogP contribution in [0.25, 0.3) is 11.1 Å². The molecule has 0 aromatic heterocycles. The van der Waals surface area contributed by atoms with E-state index in [9.17, 15) is 9.59 Å². The molecule has 0 unspecified atom stereocenters. The van der Waals surface area contributed by atoms with Gasteiger partial charge in [-0.15, -0.1) is 0 Å². The number of benzene rings is 3. The van der Waals surface area contributed by atoms with Crippen LogP contribution < -0.4 is 10.2 Å². The lowest BCUT2D eigenvalue weighted by atomic mass is 10.0. The lowest BCUT2D eigenvalue weighted by Gasteiger charge is -2.19. The first-order valence-corrected chi connectivity index (χ1v) is 10.5. The van der Waals surface area contributed by atoms with E-state index in [4.69, 9.17) is 5.11 Å². The second-order valence-electron chi connectivity index (χ2n) is 7.52. The predicted octanol–water partition coefficient (Wildman–Crippen LogP) is 5.15. The zero-order valence-electron chi connectivity index (χ0n) is 17.8. The zero-order valence-corrected chi connectivity index (χ0v) is 17.8. The molecule has 0 heterocycles. The summed E-state index contributed by atoms with van der Waals surface area (Å²) in [6.45, 7) is 0.621. The molecule has 2 N–H and O–H groups in total. The number of amides is 2. The van der Waals surface area contributed by atoms with Crippen LogP contribution in [0.5, 0.6) is 0 Å². The van der Waals surface area contributed by atoms with Crippen molar-refractivity contribution < 1.29 is 14.7 Å². The fourth-order valence-corrected chi connectivity index (χ4v) is 3.38. The number of aryl methyl sites for hydroxylation is 2. The SMILES string of the molecule is CN(C(=O)NCCCc1ccccc1)c1cccc(-c2ccc(CCC(=O)O)cc2)c1. The number of nitrogens with one attached hydrogen (secondary N) is 1. The molecule has 5 heteroatoms. The Labute approximate surface area is 183 Å². The summed E-state index contributed by atoms with van der Waals surface area (Å²) in [6, 6.07) is 25.8. The Morgan fingerprint density at radius 1 is 0.839 bits per heavy atom. The number of rotatable bonds is 9. The summed E-state index contributed by atoms with van der Waals surface area (Å²) in [4.78, 5) is 24.9. The molecule has 0 atom stereocenters. The molecular weight excluding hydrogens is 388 g/mol. The van der Waals surface area contributed by atoms with Gasteiger partial charge in [-0.25, -0.2) is 4.79 Å². The van der Waals surface area contributed by atoms with E-state index in [1.807, 2.05) is 66.7 Å². The van der Waals surface area contributed by atoms with Crippen molar-refractivity contribution >= 4 is 17.7 Å². The van der Waals surface area contributed by atoms with Crippen LogP contribution in [0, 0.1) is 0 Å². The van der Waals surface area contributed by atoms with Gasteiger partial charge in [0.05, 0.1) is 0 Å². The third-order valence-electron chi connectivity index (χ3n) is 5.21. The number of anilines is 1. The summed E-state index contributed by atoms with van der Waals surface area (Å²) in [5.41, 5.74) is 5.11. The van der Waals surface area contributed by atoms with E-state index in [2.05, 4.69) is 17.4 Å². The normalized spacial score (nSPS) is 10.5. The van der Waals surface area contributed by atoms with Gasteiger partial charge in [-0.3, -0.25) is 9.69 Å². The van der Waals surface area contributed by atoms with E-state index in [0.717, 1.165) is 35.2 Å². The molecule has 0 saturated carbocycles. The van der Waals surface area contributed by atoms with Gasteiger partial charge in [-0.05, 0) is 53.6 Å². The Kier molecular flexibility index (Phi) is 7.82. The molecule has 3 aromatic carbocycles. The van der Waals surface area contributed by atoms with Gasteiger partial charge in [-0.2, -0.15) is 0 Å². The average molecular weight is 417 g/mol. The molecule has 0 bridgehead atoms. The van der Waals surface area contributed by atoms with E-state index < -0.39 is 5.97 Å². The van der Waals surface area contributed by atoms with Crippen molar-refractivity contribution in [3.8, 4) is 11.1 Å². The van der Waals surface area contributed by atoms with Crippen molar-refractivity contribution in [3.05, 3.63) is 90.0 Å². The van der Waals surface area contributed by atoms with Crippen LogP contribution in [-0.2, 0) is 17.6 Å². The lowest BCUT2D eigenvalue weighted by Crippen LogP contribution is -2.37. The minimum absolute atomic E-state index is 0.125. The minimum Gasteiger partial charge on any atom is -0.481 e. The van der Waals surface area contributed by atoms with E-state index in [1.165, 1.54) is 5.56 Å². The molecule has 160 valence electrons. The number of carboxylic acid groups (broad SMARTS) is 1. The molecule has 0 aliphatic rings. The first-order chi connectivity index (χ1) is 15.0. The topological polar surface area (TPSA) is 69.6 Å². The smallest absolute Gasteiger partial charge is 0.321 e. The maximum Gasteiger partial charge on any atom is 0.321 e. The second kappa shape index (κ2) is 11.0. The van der Waals surface area contributed by atoms with Gasteiger partial charge < -0.3 is 10.4 Å². The molecule has 0 aliphatic heterocycles. The zero-order chi connectivity index (χ0) is 22.1. The standard InChI is InChI=1S/C26H28N2O3/c1-28(26(31)27-18-6-9-20-7-3-2-4-8-20)24-11-5-10-23(19-24)22-15-12-21(13-16-22)14-17-25(29)30/h2-5,7-8,10-13,15-16,19H,6,9,14,17-18H2,1H3,(H,27,31)(H,29,30). The van der Waals surface area contributed by atoms with Gasteiger partial charge in [0, 0.05) is 25.7 Å². The molecule has 0 saturated heterocycles. The average Bonchev–Trinajstić information content (AvgIpc) is 2.81. The van der Waals surface area contributed by atoms with Crippen molar-refractivity contribution in [2.75, 3.05) is 18.5 Å². The molecule has 2 amide bonds. The number of carboxylic acids is 1. The quantitative estimate of drug-likeness (QED) is 0.474. The second-order valence-corrected chi connectivity index (χ2v) is 7.52. The number of nitrogens with zero attached hydrogens (tertiary/aromatic N) is 1.